The zero-order chi connectivity index (χ0) is 14.2. The monoisotopic (exact) mass is 289 g/mol. The van der Waals surface area contributed by atoms with Crippen molar-refractivity contribution in [1.82, 2.24) is 0 Å². The molecule has 1 aliphatic rings. The highest BCUT2D eigenvalue weighted by molar-refractivity contribution is 7.99. The van der Waals surface area contributed by atoms with E-state index in [0.29, 0.717) is 12.3 Å². The lowest BCUT2D eigenvalue weighted by atomic mass is 9.98. The highest BCUT2D eigenvalue weighted by atomic mass is 32.2. The Balaban J connectivity index is 1.96. The third-order valence-corrected chi connectivity index (χ3v) is 4.37. The molecule has 1 aliphatic heterocycles. The molecule has 20 heavy (non-hydrogen) atoms. The van der Waals surface area contributed by atoms with Gasteiger partial charge in [-0.15, -0.1) is 0 Å². The number of para-hydroxylation sites is 1. The molecule has 0 spiro atoms. The van der Waals surface area contributed by atoms with Crippen LogP contribution in [0, 0.1) is 17.8 Å². The molecular weight excluding hydrogens is 270 g/mol. The summed E-state index contributed by atoms with van der Waals surface area (Å²) in [5.74, 6) is 8.35. The number of rotatable bonds is 3. The Morgan fingerprint density at radius 2 is 2.10 bits per heavy atom. The molecule has 106 valence electrons. The van der Waals surface area contributed by atoms with Crippen molar-refractivity contribution in [2.45, 2.75) is 19.3 Å². The molecule has 0 bridgehead atoms. The predicted molar refractivity (Wildman–Crippen MR) is 83.7 cm³/mol. The van der Waals surface area contributed by atoms with Gasteiger partial charge in [0.2, 0.25) is 5.91 Å². The van der Waals surface area contributed by atoms with Crippen molar-refractivity contribution in [3.8, 4) is 11.8 Å². The molecule has 1 aromatic carbocycles. The van der Waals surface area contributed by atoms with E-state index in [1.54, 1.807) is 0 Å². The first kappa shape index (κ1) is 15.0. The Bertz CT molecular complexity index is 513. The molecule has 2 N–H and O–H groups in total. The van der Waals surface area contributed by atoms with E-state index in [-0.39, 0.29) is 12.5 Å². The highest BCUT2D eigenvalue weighted by Gasteiger charge is 2.17. The number of anilines is 1. The smallest absolute Gasteiger partial charge is 0.224 e. The van der Waals surface area contributed by atoms with Gasteiger partial charge >= 0.3 is 0 Å². The van der Waals surface area contributed by atoms with Crippen LogP contribution in [-0.2, 0) is 4.79 Å². The number of aliphatic hydroxyl groups is 1. The Morgan fingerprint density at radius 1 is 1.35 bits per heavy atom. The van der Waals surface area contributed by atoms with Crippen LogP contribution >= 0.6 is 11.8 Å². The number of carbonyl (C=O) groups excluding carboxylic acids is 1. The number of nitrogens with one attached hydrogen (secondary N) is 1. The molecule has 0 saturated carbocycles. The minimum absolute atomic E-state index is 0.0557. The van der Waals surface area contributed by atoms with Gasteiger partial charge < -0.3 is 10.4 Å². The largest absolute Gasteiger partial charge is 0.384 e. The molecule has 0 unspecified atom stereocenters. The van der Waals surface area contributed by atoms with Crippen LogP contribution in [0.4, 0.5) is 5.69 Å². The standard InChI is InChI=1S/C16H19NO2S/c18-9-3-5-14-4-1-2-6-15(14)17-16(19)12-13-7-10-20-11-8-13/h1-2,4,6,13,18H,7-12H2,(H,17,19). The van der Waals surface area contributed by atoms with Crippen LogP contribution in [0.15, 0.2) is 24.3 Å². The van der Waals surface area contributed by atoms with E-state index in [1.165, 1.54) is 0 Å². The number of thioether (sulfide) groups is 1. The number of amides is 1. The minimum Gasteiger partial charge on any atom is -0.384 e. The average molecular weight is 289 g/mol. The molecule has 1 fully saturated rings. The number of benzene rings is 1. The molecule has 1 heterocycles. The summed E-state index contributed by atoms with van der Waals surface area (Å²) in [4.78, 5) is 12.1. The summed E-state index contributed by atoms with van der Waals surface area (Å²) in [7, 11) is 0. The summed E-state index contributed by atoms with van der Waals surface area (Å²) in [6.07, 6.45) is 2.84. The number of hydrogen-bond donors (Lipinski definition) is 2. The Hall–Kier alpha value is -1.44. The van der Waals surface area contributed by atoms with Crippen molar-refractivity contribution >= 4 is 23.4 Å². The first-order chi connectivity index (χ1) is 9.79. The highest BCUT2D eigenvalue weighted by Crippen LogP contribution is 2.25. The summed E-state index contributed by atoms with van der Waals surface area (Å²) in [6, 6.07) is 7.43. The van der Waals surface area contributed by atoms with E-state index in [0.717, 1.165) is 35.6 Å². The number of aliphatic hydroxyl groups excluding tert-OH is 1. The molecule has 3 nitrogen and oxygen atoms in total. The van der Waals surface area contributed by atoms with Crippen LogP contribution in [0.2, 0.25) is 0 Å². The van der Waals surface area contributed by atoms with Gasteiger partial charge in [0.15, 0.2) is 0 Å². The van der Waals surface area contributed by atoms with Crippen molar-refractivity contribution in [3.05, 3.63) is 29.8 Å². The predicted octanol–water partition coefficient (Wildman–Crippen LogP) is 2.50. The van der Waals surface area contributed by atoms with Crippen molar-refractivity contribution in [1.29, 1.82) is 0 Å². The van der Waals surface area contributed by atoms with E-state index in [2.05, 4.69) is 17.2 Å². The third-order valence-electron chi connectivity index (χ3n) is 3.32. The molecule has 1 saturated heterocycles. The van der Waals surface area contributed by atoms with Crippen LogP contribution in [-0.4, -0.2) is 29.1 Å². The summed E-state index contributed by atoms with van der Waals surface area (Å²) < 4.78 is 0. The Labute approximate surface area is 124 Å². The first-order valence-electron chi connectivity index (χ1n) is 6.86. The molecular formula is C16H19NO2S. The summed E-state index contributed by atoms with van der Waals surface area (Å²) in [5.41, 5.74) is 1.47. The van der Waals surface area contributed by atoms with E-state index < -0.39 is 0 Å². The molecule has 2 rings (SSSR count). The van der Waals surface area contributed by atoms with Crippen molar-refractivity contribution in [2.75, 3.05) is 23.4 Å². The molecule has 0 radical (unpaired) electrons. The SMILES string of the molecule is O=C(CC1CCSCC1)Nc1ccccc1C#CCO. The maximum absolute atomic E-state index is 12.1. The van der Waals surface area contributed by atoms with E-state index in [9.17, 15) is 4.79 Å². The van der Waals surface area contributed by atoms with E-state index in [4.69, 9.17) is 5.11 Å². The van der Waals surface area contributed by atoms with Gasteiger partial charge in [0.1, 0.15) is 6.61 Å². The van der Waals surface area contributed by atoms with Gasteiger partial charge in [-0.3, -0.25) is 4.79 Å². The van der Waals surface area contributed by atoms with Crippen LogP contribution in [0.3, 0.4) is 0 Å². The second kappa shape index (κ2) is 7.98. The summed E-state index contributed by atoms with van der Waals surface area (Å²) in [5, 5.41) is 11.7. The molecule has 1 aromatic rings. The van der Waals surface area contributed by atoms with Crippen molar-refractivity contribution < 1.29 is 9.90 Å². The van der Waals surface area contributed by atoms with Crippen LogP contribution in [0.1, 0.15) is 24.8 Å². The molecule has 0 atom stereocenters. The molecule has 1 amide bonds. The van der Waals surface area contributed by atoms with Gasteiger partial charge in [0.05, 0.1) is 5.69 Å². The van der Waals surface area contributed by atoms with Crippen LogP contribution < -0.4 is 5.32 Å². The Morgan fingerprint density at radius 3 is 2.85 bits per heavy atom. The van der Waals surface area contributed by atoms with Gasteiger partial charge in [0.25, 0.3) is 0 Å². The topological polar surface area (TPSA) is 49.3 Å². The molecule has 0 aromatic heterocycles. The summed E-state index contributed by atoms with van der Waals surface area (Å²) in [6.45, 7) is -0.179. The zero-order valence-electron chi connectivity index (χ0n) is 11.4. The van der Waals surface area contributed by atoms with Crippen molar-refractivity contribution in [2.24, 2.45) is 5.92 Å². The fourth-order valence-electron chi connectivity index (χ4n) is 2.25. The quantitative estimate of drug-likeness (QED) is 0.841. The van der Waals surface area contributed by atoms with Crippen molar-refractivity contribution in [3.63, 3.8) is 0 Å². The molecule has 4 heteroatoms. The normalized spacial score (nSPS) is 15.2. The second-order valence-electron chi connectivity index (χ2n) is 4.81. The molecule has 0 aliphatic carbocycles. The van der Waals surface area contributed by atoms with Crippen LogP contribution in [0.5, 0.6) is 0 Å². The Kier molecular flexibility index (Phi) is 5.97. The van der Waals surface area contributed by atoms with Gasteiger partial charge in [-0.05, 0) is 42.4 Å². The maximum atomic E-state index is 12.1. The zero-order valence-corrected chi connectivity index (χ0v) is 12.2. The fourth-order valence-corrected chi connectivity index (χ4v) is 3.45. The van der Waals surface area contributed by atoms with Gasteiger partial charge in [-0.1, -0.05) is 24.0 Å². The fraction of sp³-hybridized carbons (Fsp3) is 0.438. The van der Waals surface area contributed by atoms with Gasteiger partial charge in [0, 0.05) is 12.0 Å². The van der Waals surface area contributed by atoms with Crippen LogP contribution in [0.25, 0.3) is 0 Å². The lowest BCUT2D eigenvalue weighted by Gasteiger charge is -2.20. The first-order valence-corrected chi connectivity index (χ1v) is 8.01. The lowest BCUT2D eigenvalue weighted by molar-refractivity contribution is -0.117. The second-order valence-corrected chi connectivity index (χ2v) is 6.04. The maximum Gasteiger partial charge on any atom is 0.224 e. The lowest BCUT2D eigenvalue weighted by Crippen LogP contribution is -2.20. The van der Waals surface area contributed by atoms with Gasteiger partial charge in [-0.2, -0.15) is 11.8 Å². The van der Waals surface area contributed by atoms with Gasteiger partial charge in [-0.25, -0.2) is 0 Å². The van der Waals surface area contributed by atoms with E-state index >= 15 is 0 Å². The number of hydrogen-bond acceptors (Lipinski definition) is 3. The summed E-state index contributed by atoms with van der Waals surface area (Å²) >= 11 is 1.97. The minimum atomic E-state index is -0.179. The average Bonchev–Trinajstić information content (AvgIpc) is 2.47. The third kappa shape index (κ3) is 4.59. The van der Waals surface area contributed by atoms with E-state index in [1.807, 2.05) is 36.0 Å². The number of carbonyl (C=O) groups is 1.